The number of nitrogens with one attached hydrogen (secondary N) is 1. The molecule has 3 aromatic rings. The number of hydrogen-bond donors (Lipinski definition) is 4. The van der Waals surface area contributed by atoms with E-state index >= 15 is 0 Å². The predicted octanol–water partition coefficient (Wildman–Crippen LogP) is 4.02. The Kier molecular flexibility index (Phi) is 6.78. The fourth-order valence-electron chi connectivity index (χ4n) is 5.48. The quantitative estimate of drug-likeness (QED) is 0.300. The number of methoxy groups -OCH3 is 1. The Balaban J connectivity index is 1.54. The van der Waals surface area contributed by atoms with Crippen molar-refractivity contribution < 1.29 is 44.0 Å². The Morgan fingerprint density at radius 3 is 2.51 bits per heavy atom. The second-order valence-corrected chi connectivity index (χ2v) is 10.1. The third-order valence-corrected chi connectivity index (χ3v) is 7.51. The van der Waals surface area contributed by atoms with Crippen molar-refractivity contribution in [2.75, 3.05) is 7.11 Å². The van der Waals surface area contributed by atoms with E-state index in [4.69, 9.17) is 14.6 Å². The zero-order chi connectivity index (χ0) is 29.6. The van der Waals surface area contributed by atoms with Crippen LogP contribution in [-0.2, 0) is 32.8 Å². The van der Waals surface area contributed by atoms with Gasteiger partial charge in [0.05, 0.1) is 12.7 Å². The molecule has 10 nitrogen and oxygen atoms in total. The van der Waals surface area contributed by atoms with Crippen LogP contribution in [0.3, 0.4) is 0 Å². The zero-order valence-corrected chi connectivity index (χ0v) is 22.5. The van der Waals surface area contributed by atoms with Crippen molar-refractivity contribution in [3.63, 3.8) is 0 Å². The predicted molar refractivity (Wildman–Crippen MR) is 147 cm³/mol. The minimum Gasteiger partial charge on any atom is -0.507 e. The van der Waals surface area contributed by atoms with E-state index in [0.717, 1.165) is 34.9 Å². The number of rotatable bonds is 8. The van der Waals surface area contributed by atoms with Crippen LogP contribution in [-0.4, -0.2) is 45.9 Å². The second kappa shape index (κ2) is 10.1. The fourth-order valence-corrected chi connectivity index (χ4v) is 5.48. The molecule has 41 heavy (non-hydrogen) atoms. The SMILES string of the molecule is COc1cc(O)c2c(c1C(=O)NCc1cc(CCC(=O)O)cc3ccccc13)OC1=CC(O)=C(C(C)=O)C(=O)[C@]12C. The molecule has 1 heterocycles. The van der Waals surface area contributed by atoms with Gasteiger partial charge in [0.1, 0.15) is 39.6 Å². The number of ether oxygens (including phenoxy) is 2. The molecule has 0 fully saturated rings. The molecule has 0 aromatic heterocycles. The van der Waals surface area contributed by atoms with E-state index in [1.54, 1.807) is 0 Å². The van der Waals surface area contributed by atoms with Gasteiger partial charge in [-0.25, -0.2) is 0 Å². The third kappa shape index (κ3) is 4.47. The molecule has 0 saturated carbocycles. The van der Waals surface area contributed by atoms with Crippen LogP contribution >= 0.6 is 0 Å². The number of amides is 1. The molecular formula is C31H27NO9. The fraction of sp³-hybridized carbons (Fsp3) is 0.226. The molecule has 1 aliphatic heterocycles. The molecular weight excluding hydrogens is 530 g/mol. The molecule has 0 spiro atoms. The van der Waals surface area contributed by atoms with Crippen molar-refractivity contribution in [1.82, 2.24) is 5.32 Å². The number of ketones is 2. The van der Waals surface area contributed by atoms with Crippen LogP contribution < -0.4 is 14.8 Å². The summed E-state index contributed by atoms with van der Waals surface area (Å²) in [6.45, 7) is 2.66. The Hall–Kier alpha value is -5.12. The number of phenols is 1. The van der Waals surface area contributed by atoms with Crippen molar-refractivity contribution in [3.05, 3.63) is 87.9 Å². The Bertz CT molecular complexity index is 1730. The molecule has 5 rings (SSSR count). The number of aliphatic hydroxyl groups excluding tert-OH is 1. The minimum atomic E-state index is -1.66. The summed E-state index contributed by atoms with van der Waals surface area (Å²) in [6, 6.07) is 12.5. The van der Waals surface area contributed by atoms with E-state index in [1.165, 1.54) is 20.1 Å². The van der Waals surface area contributed by atoms with Gasteiger partial charge in [0.2, 0.25) is 0 Å². The summed E-state index contributed by atoms with van der Waals surface area (Å²) in [7, 11) is 1.31. The number of carbonyl (C=O) groups excluding carboxylic acids is 3. The van der Waals surface area contributed by atoms with Crippen molar-refractivity contribution in [3.8, 4) is 17.2 Å². The molecule has 0 unspecified atom stereocenters. The van der Waals surface area contributed by atoms with E-state index in [9.17, 15) is 29.4 Å². The number of hydrogen-bond acceptors (Lipinski definition) is 8. The number of phenolic OH excluding ortho intramolecular Hbond substituents is 1. The Labute approximate surface area is 234 Å². The lowest BCUT2D eigenvalue weighted by Gasteiger charge is -2.27. The van der Waals surface area contributed by atoms with Crippen molar-refractivity contribution in [2.24, 2.45) is 0 Å². The van der Waals surface area contributed by atoms with E-state index in [2.05, 4.69) is 5.32 Å². The largest absolute Gasteiger partial charge is 0.507 e. The number of fused-ring (bicyclic) bond motifs is 4. The molecule has 4 N–H and O–H groups in total. The molecule has 1 amide bonds. The van der Waals surface area contributed by atoms with Crippen molar-refractivity contribution in [1.29, 1.82) is 0 Å². The number of allylic oxidation sites excluding steroid dienone is 3. The van der Waals surface area contributed by atoms with Crippen LogP contribution in [0.4, 0.5) is 0 Å². The molecule has 210 valence electrons. The van der Waals surface area contributed by atoms with Crippen molar-refractivity contribution >= 4 is 34.2 Å². The highest BCUT2D eigenvalue weighted by molar-refractivity contribution is 6.25. The van der Waals surface area contributed by atoms with Gasteiger partial charge in [-0.05, 0) is 42.2 Å². The number of aliphatic hydroxyl groups is 1. The Morgan fingerprint density at radius 2 is 1.83 bits per heavy atom. The molecule has 1 aliphatic carbocycles. The van der Waals surface area contributed by atoms with Crippen LogP contribution in [0.5, 0.6) is 17.2 Å². The number of carbonyl (C=O) groups is 4. The van der Waals surface area contributed by atoms with Crippen LogP contribution in [0.15, 0.2) is 65.6 Å². The number of Topliss-reactive ketones (excluding diaryl/α,β-unsaturated/α-hetero) is 2. The summed E-state index contributed by atoms with van der Waals surface area (Å²) >= 11 is 0. The zero-order valence-electron chi connectivity index (χ0n) is 22.5. The number of carboxylic acids is 1. The molecule has 10 heteroatoms. The standard InChI is InChI=1S/C31H27NO9/c1-15(33)25-20(34)13-23-31(2,29(25)38)27-21(35)12-22(40-3)26(28(27)41-23)30(39)32-14-18-11-16(8-9-24(36)37)10-17-6-4-5-7-19(17)18/h4-7,10-13,34-35H,8-9,14H2,1-3H3,(H,32,39)(H,36,37)/t31-/m1/s1. The summed E-state index contributed by atoms with van der Waals surface area (Å²) < 4.78 is 11.3. The van der Waals surface area contributed by atoms with Gasteiger partial charge in [0.15, 0.2) is 17.3 Å². The highest BCUT2D eigenvalue weighted by Gasteiger charge is 2.55. The van der Waals surface area contributed by atoms with Crippen LogP contribution in [0.1, 0.15) is 47.3 Å². The van der Waals surface area contributed by atoms with Crippen LogP contribution in [0, 0.1) is 0 Å². The number of aliphatic carboxylic acids is 1. The minimum absolute atomic E-state index is 0.0157. The highest BCUT2D eigenvalue weighted by Crippen LogP contribution is 2.56. The monoisotopic (exact) mass is 557 g/mol. The van der Waals surface area contributed by atoms with E-state index in [0.29, 0.717) is 6.42 Å². The van der Waals surface area contributed by atoms with Crippen molar-refractivity contribution in [2.45, 2.75) is 38.6 Å². The number of aromatic hydroxyl groups is 1. The summed E-state index contributed by atoms with van der Waals surface area (Å²) in [5.74, 6) is -4.09. The molecule has 1 atom stereocenters. The first-order valence-electron chi connectivity index (χ1n) is 12.8. The summed E-state index contributed by atoms with van der Waals surface area (Å²) in [4.78, 5) is 50.4. The first-order valence-corrected chi connectivity index (χ1v) is 12.8. The maximum atomic E-state index is 13.7. The third-order valence-electron chi connectivity index (χ3n) is 7.51. The summed E-state index contributed by atoms with van der Waals surface area (Å²) in [5, 5.41) is 35.0. The average Bonchev–Trinajstić information content (AvgIpc) is 3.23. The maximum absolute atomic E-state index is 13.7. The highest BCUT2D eigenvalue weighted by atomic mass is 16.5. The number of carboxylic acid groups (broad SMARTS) is 1. The van der Waals surface area contributed by atoms with Crippen LogP contribution in [0.25, 0.3) is 10.8 Å². The molecule has 3 aromatic carbocycles. The summed E-state index contributed by atoms with van der Waals surface area (Å²) in [6.07, 6.45) is 1.42. The maximum Gasteiger partial charge on any atom is 0.303 e. The van der Waals surface area contributed by atoms with Gasteiger partial charge >= 0.3 is 5.97 Å². The van der Waals surface area contributed by atoms with Gasteiger partial charge in [-0.3, -0.25) is 19.2 Å². The second-order valence-electron chi connectivity index (χ2n) is 10.1. The van der Waals surface area contributed by atoms with E-state index in [1.807, 2.05) is 36.4 Å². The van der Waals surface area contributed by atoms with Gasteiger partial charge in [-0.2, -0.15) is 0 Å². The first-order chi connectivity index (χ1) is 19.5. The lowest BCUT2D eigenvalue weighted by atomic mass is 9.71. The molecule has 0 saturated heterocycles. The molecule has 0 radical (unpaired) electrons. The smallest absolute Gasteiger partial charge is 0.303 e. The topological polar surface area (TPSA) is 159 Å². The first kappa shape index (κ1) is 27.4. The van der Waals surface area contributed by atoms with E-state index in [-0.39, 0.29) is 47.1 Å². The van der Waals surface area contributed by atoms with Gasteiger partial charge in [0.25, 0.3) is 5.91 Å². The Morgan fingerprint density at radius 1 is 1.10 bits per heavy atom. The molecule has 2 aliphatic rings. The van der Waals surface area contributed by atoms with Gasteiger partial charge in [-0.1, -0.05) is 36.4 Å². The lowest BCUT2D eigenvalue weighted by Crippen LogP contribution is -2.38. The normalized spacial score (nSPS) is 17.4. The van der Waals surface area contributed by atoms with Crippen LogP contribution in [0.2, 0.25) is 0 Å². The van der Waals surface area contributed by atoms with Gasteiger partial charge in [-0.15, -0.1) is 0 Å². The van der Waals surface area contributed by atoms with Gasteiger partial charge < -0.3 is 30.1 Å². The van der Waals surface area contributed by atoms with Gasteiger partial charge in [0, 0.05) is 25.1 Å². The number of aryl methyl sites for hydroxylation is 1. The average molecular weight is 558 g/mol. The number of benzene rings is 3. The molecule has 0 bridgehead atoms. The van der Waals surface area contributed by atoms with E-state index < -0.39 is 40.2 Å². The lowest BCUT2D eigenvalue weighted by molar-refractivity contribution is -0.137. The summed E-state index contributed by atoms with van der Waals surface area (Å²) in [5.41, 5.74) is -0.637.